The minimum absolute atomic E-state index is 0. The predicted molar refractivity (Wildman–Crippen MR) is 77.1 cm³/mol. The molecule has 2 aliphatic rings. The Labute approximate surface area is 117 Å². The number of piperidine rings is 1. The highest BCUT2D eigenvalue weighted by molar-refractivity contribution is 5.85. The van der Waals surface area contributed by atoms with Crippen molar-refractivity contribution in [2.24, 2.45) is 10.8 Å². The number of nitrogens with one attached hydrogen (secondary N) is 1. The number of nitrogens with zero attached hydrogens (tertiary/aromatic N) is 1. The van der Waals surface area contributed by atoms with E-state index in [1.54, 1.807) is 0 Å². The van der Waals surface area contributed by atoms with Crippen molar-refractivity contribution in [3.8, 4) is 0 Å². The fourth-order valence-electron chi connectivity index (χ4n) is 2.99. The van der Waals surface area contributed by atoms with E-state index in [-0.39, 0.29) is 17.8 Å². The summed E-state index contributed by atoms with van der Waals surface area (Å²) in [6.45, 7) is 10.5. The van der Waals surface area contributed by atoms with Crippen molar-refractivity contribution in [2.45, 2.75) is 46.5 Å². The highest BCUT2D eigenvalue weighted by atomic mass is 35.5. The third kappa shape index (κ3) is 3.00. The van der Waals surface area contributed by atoms with Crippen LogP contribution < -0.4 is 5.32 Å². The molecule has 0 atom stereocenters. The lowest BCUT2D eigenvalue weighted by Gasteiger charge is -2.41. The van der Waals surface area contributed by atoms with Crippen molar-refractivity contribution in [1.29, 1.82) is 0 Å². The fourth-order valence-corrected chi connectivity index (χ4v) is 2.99. The Morgan fingerprint density at radius 3 is 2.33 bits per heavy atom. The van der Waals surface area contributed by atoms with E-state index in [2.05, 4.69) is 31.0 Å². The van der Waals surface area contributed by atoms with Gasteiger partial charge in [0.05, 0.1) is 0 Å². The molecule has 3 nitrogen and oxygen atoms in total. The van der Waals surface area contributed by atoms with Gasteiger partial charge in [-0.1, -0.05) is 20.8 Å². The van der Waals surface area contributed by atoms with E-state index in [1.807, 2.05) is 0 Å². The van der Waals surface area contributed by atoms with E-state index in [9.17, 15) is 4.79 Å². The van der Waals surface area contributed by atoms with Gasteiger partial charge in [-0.3, -0.25) is 4.79 Å². The molecule has 1 N–H and O–H groups in total. The van der Waals surface area contributed by atoms with Crippen LogP contribution in [0.1, 0.15) is 46.5 Å². The molecule has 1 spiro atoms. The van der Waals surface area contributed by atoms with Crippen molar-refractivity contribution < 1.29 is 4.79 Å². The van der Waals surface area contributed by atoms with E-state index in [0.717, 1.165) is 32.6 Å². The summed E-state index contributed by atoms with van der Waals surface area (Å²) in [7, 11) is 0. The molecule has 0 aliphatic carbocycles. The maximum absolute atomic E-state index is 12.4. The van der Waals surface area contributed by atoms with E-state index in [4.69, 9.17) is 0 Å². The number of carbonyl (C=O) groups excluding carboxylic acids is 1. The lowest BCUT2D eigenvalue weighted by atomic mass is 9.77. The standard InChI is InChI=1S/C14H26N2O.ClH/c1-4-13(2,3)12(17)16-9-6-14(7-10-16)5-8-15-11-14;/h15H,4-11H2,1-3H3;1H. The number of halogens is 1. The smallest absolute Gasteiger partial charge is 0.228 e. The minimum atomic E-state index is -0.182. The molecule has 0 saturated carbocycles. The Morgan fingerprint density at radius 1 is 1.28 bits per heavy atom. The summed E-state index contributed by atoms with van der Waals surface area (Å²) in [5, 5.41) is 3.46. The largest absolute Gasteiger partial charge is 0.342 e. The SMILES string of the molecule is CCC(C)(C)C(=O)N1CCC2(CCNC2)CC1.Cl. The topological polar surface area (TPSA) is 32.3 Å². The first-order valence-corrected chi connectivity index (χ1v) is 6.99. The molecule has 1 amide bonds. The number of likely N-dealkylation sites (tertiary alicyclic amines) is 1. The molecule has 0 unspecified atom stereocenters. The zero-order chi connectivity index (χ0) is 12.5. The summed E-state index contributed by atoms with van der Waals surface area (Å²) in [4.78, 5) is 14.5. The fraction of sp³-hybridized carbons (Fsp3) is 0.929. The minimum Gasteiger partial charge on any atom is -0.342 e. The van der Waals surface area contributed by atoms with Crippen LogP contribution in [0.25, 0.3) is 0 Å². The van der Waals surface area contributed by atoms with Gasteiger partial charge in [-0.15, -0.1) is 12.4 Å². The second-order valence-corrected chi connectivity index (χ2v) is 6.46. The average Bonchev–Trinajstić information content (AvgIpc) is 2.78. The molecular formula is C14H27ClN2O. The summed E-state index contributed by atoms with van der Waals surface area (Å²) in [5.41, 5.74) is 0.325. The first-order valence-electron chi connectivity index (χ1n) is 6.99. The molecule has 2 rings (SSSR count). The van der Waals surface area contributed by atoms with Gasteiger partial charge in [0.25, 0.3) is 0 Å². The second-order valence-electron chi connectivity index (χ2n) is 6.46. The summed E-state index contributed by atoms with van der Waals surface area (Å²) in [6, 6.07) is 0. The van der Waals surface area contributed by atoms with Crippen LogP contribution in [0.2, 0.25) is 0 Å². The lowest BCUT2D eigenvalue weighted by molar-refractivity contribution is -0.142. The summed E-state index contributed by atoms with van der Waals surface area (Å²) in [5.74, 6) is 0.348. The number of amides is 1. The van der Waals surface area contributed by atoms with Crippen molar-refractivity contribution in [1.82, 2.24) is 10.2 Å². The van der Waals surface area contributed by atoms with Gasteiger partial charge < -0.3 is 10.2 Å². The van der Waals surface area contributed by atoms with Crippen LogP contribution in [0.4, 0.5) is 0 Å². The van der Waals surface area contributed by atoms with Gasteiger partial charge in [-0.2, -0.15) is 0 Å². The number of rotatable bonds is 2. The molecule has 2 aliphatic heterocycles. The molecule has 0 radical (unpaired) electrons. The van der Waals surface area contributed by atoms with Gasteiger partial charge in [-0.25, -0.2) is 0 Å². The molecule has 0 aromatic carbocycles. The molecule has 0 aromatic rings. The molecule has 4 heteroatoms. The molecule has 106 valence electrons. The van der Waals surface area contributed by atoms with Crippen LogP contribution in [0.5, 0.6) is 0 Å². The molecule has 2 fully saturated rings. The summed E-state index contributed by atoms with van der Waals surface area (Å²) in [6.07, 6.45) is 4.60. The van der Waals surface area contributed by atoms with Crippen molar-refractivity contribution in [3.63, 3.8) is 0 Å². The third-order valence-corrected chi connectivity index (χ3v) is 4.91. The van der Waals surface area contributed by atoms with Gasteiger partial charge in [0.15, 0.2) is 0 Å². The lowest BCUT2D eigenvalue weighted by Crippen LogP contribution is -2.48. The van der Waals surface area contributed by atoms with E-state index >= 15 is 0 Å². The van der Waals surface area contributed by atoms with Crippen LogP contribution in [0.3, 0.4) is 0 Å². The summed E-state index contributed by atoms with van der Waals surface area (Å²) < 4.78 is 0. The first kappa shape index (κ1) is 15.8. The van der Waals surface area contributed by atoms with Crippen molar-refractivity contribution in [2.75, 3.05) is 26.2 Å². The van der Waals surface area contributed by atoms with Crippen LogP contribution >= 0.6 is 12.4 Å². The molecular weight excluding hydrogens is 248 g/mol. The van der Waals surface area contributed by atoms with Gasteiger partial charge in [-0.05, 0) is 37.6 Å². The Kier molecular flexibility index (Phi) is 5.07. The highest BCUT2D eigenvalue weighted by Gasteiger charge is 2.40. The first-order chi connectivity index (χ1) is 7.99. The normalized spacial score (nSPS) is 22.9. The predicted octanol–water partition coefficient (Wildman–Crippen LogP) is 2.45. The average molecular weight is 275 g/mol. The van der Waals surface area contributed by atoms with Crippen LogP contribution in [0.15, 0.2) is 0 Å². The number of carbonyl (C=O) groups is 1. The van der Waals surface area contributed by atoms with Crippen LogP contribution in [0, 0.1) is 10.8 Å². The number of hydrogen-bond acceptors (Lipinski definition) is 2. The van der Waals surface area contributed by atoms with Gasteiger partial charge >= 0.3 is 0 Å². The van der Waals surface area contributed by atoms with Gasteiger partial charge in [0.1, 0.15) is 0 Å². The van der Waals surface area contributed by atoms with Crippen LogP contribution in [-0.2, 0) is 4.79 Å². The molecule has 0 aromatic heterocycles. The molecule has 2 heterocycles. The maximum atomic E-state index is 12.4. The maximum Gasteiger partial charge on any atom is 0.228 e. The molecule has 0 bridgehead atoms. The van der Waals surface area contributed by atoms with Gasteiger partial charge in [0.2, 0.25) is 5.91 Å². The van der Waals surface area contributed by atoms with E-state index in [1.165, 1.54) is 19.3 Å². The number of hydrogen-bond donors (Lipinski definition) is 1. The zero-order valence-electron chi connectivity index (χ0n) is 11.9. The van der Waals surface area contributed by atoms with E-state index in [0.29, 0.717) is 11.3 Å². The highest BCUT2D eigenvalue weighted by Crippen LogP contribution is 2.38. The molecule has 2 saturated heterocycles. The Balaban J connectivity index is 0.00000162. The van der Waals surface area contributed by atoms with E-state index < -0.39 is 0 Å². The monoisotopic (exact) mass is 274 g/mol. The van der Waals surface area contributed by atoms with Crippen molar-refractivity contribution in [3.05, 3.63) is 0 Å². The van der Waals surface area contributed by atoms with Gasteiger partial charge in [0, 0.05) is 25.0 Å². The van der Waals surface area contributed by atoms with Crippen LogP contribution in [-0.4, -0.2) is 37.0 Å². The van der Waals surface area contributed by atoms with Crippen molar-refractivity contribution >= 4 is 18.3 Å². The Bertz CT molecular complexity index is 288. The Hall–Kier alpha value is -0.280. The second kappa shape index (κ2) is 5.79. The zero-order valence-corrected chi connectivity index (χ0v) is 12.7. The Morgan fingerprint density at radius 2 is 1.89 bits per heavy atom. The third-order valence-electron chi connectivity index (χ3n) is 4.91. The summed E-state index contributed by atoms with van der Waals surface area (Å²) >= 11 is 0. The quantitative estimate of drug-likeness (QED) is 0.839. The molecule has 18 heavy (non-hydrogen) atoms.